The van der Waals surface area contributed by atoms with E-state index in [2.05, 4.69) is 17.1 Å². The second-order valence-electron chi connectivity index (χ2n) is 6.57. The lowest BCUT2D eigenvalue weighted by Crippen LogP contribution is -2.39. The van der Waals surface area contributed by atoms with Gasteiger partial charge in [-0.2, -0.15) is 0 Å². The third kappa shape index (κ3) is 5.07. The maximum atomic E-state index is 3.82. The molecule has 2 rings (SSSR count). The predicted octanol–water partition coefficient (Wildman–Crippen LogP) is 3.95. The lowest BCUT2D eigenvalue weighted by molar-refractivity contribution is 0.298. The van der Waals surface area contributed by atoms with E-state index in [1.807, 2.05) is 0 Å². The molecule has 0 amide bonds. The highest BCUT2D eigenvalue weighted by molar-refractivity contribution is 4.95. The monoisotopic (exact) mass is 266 g/mol. The van der Waals surface area contributed by atoms with E-state index in [1.54, 1.807) is 0 Å². The SMILES string of the molecule is CCCCCCCCCCNC1CCN2CCCC12. The summed E-state index contributed by atoms with van der Waals surface area (Å²) < 4.78 is 0. The summed E-state index contributed by atoms with van der Waals surface area (Å²) in [5, 5.41) is 3.82. The Morgan fingerprint density at radius 2 is 1.63 bits per heavy atom. The van der Waals surface area contributed by atoms with Crippen LogP contribution in [0.5, 0.6) is 0 Å². The van der Waals surface area contributed by atoms with Crippen molar-refractivity contribution in [1.29, 1.82) is 0 Å². The summed E-state index contributed by atoms with van der Waals surface area (Å²) >= 11 is 0. The van der Waals surface area contributed by atoms with Crippen LogP contribution in [0, 0.1) is 0 Å². The van der Waals surface area contributed by atoms with Crippen molar-refractivity contribution < 1.29 is 0 Å². The highest BCUT2D eigenvalue weighted by Gasteiger charge is 2.36. The van der Waals surface area contributed by atoms with Gasteiger partial charge in [0.15, 0.2) is 0 Å². The normalized spacial score (nSPS) is 27.0. The summed E-state index contributed by atoms with van der Waals surface area (Å²) in [6.07, 6.45) is 15.7. The molecule has 112 valence electrons. The Morgan fingerprint density at radius 3 is 2.42 bits per heavy atom. The van der Waals surface area contributed by atoms with Crippen LogP contribution < -0.4 is 5.32 Å². The molecule has 2 fully saturated rings. The molecule has 2 aliphatic rings. The summed E-state index contributed by atoms with van der Waals surface area (Å²) in [4.78, 5) is 2.70. The Labute approximate surface area is 120 Å². The van der Waals surface area contributed by atoms with Crippen LogP contribution in [0.25, 0.3) is 0 Å². The molecule has 0 aromatic carbocycles. The molecular weight excluding hydrogens is 232 g/mol. The topological polar surface area (TPSA) is 15.3 Å². The zero-order valence-electron chi connectivity index (χ0n) is 13.0. The van der Waals surface area contributed by atoms with Crippen molar-refractivity contribution >= 4 is 0 Å². The van der Waals surface area contributed by atoms with E-state index >= 15 is 0 Å². The van der Waals surface area contributed by atoms with Gasteiger partial charge >= 0.3 is 0 Å². The number of nitrogens with zero attached hydrogens (tertiary/aromatic N) is 1. The molecule has 2 nitrogen and oxygen atoms in total. The van der Waals surface area contributed by atoms with Crippen LogP contribution in [-0.4, -0.2) is 36.6 Å². The van der Waals surface area contributed by atoms with Crippen molar-refractivity contribution in [2.75, 3.05) is 19.6 Å². The molecule has 2 atom stereocenters. The van der Waals surface area contributed by atoms with E-state index < -0.39 is 0 Å². The molecule has 19 heavy (non-hydrogen) atoms. The summed E-state index contributed by atoms with van der Waals surface area (Å²) in [5.41, 5.74) is 0. The second-order valence-corrected chi connectivity index (χ2v) is 6.57. The van der Waals surface area contributed by atoms with Gasteiger partial charge in [-0.25, -0.2) is 0 Å². The first-order valence-corrected chi connectivity index (χ1v) is 8.89. The Morgan fingerprint density at radius 1 is 0.895 bits per heavy atom. The largest absolute Gasteiger partial charge is 0.312 e. The maximum absolute atomic E-state index is 3.82. The molecule has 0 aliphatic carbocycles. The van der Waals surface area contributed by atoms with E-state index in [9.17, 15) is 0 Å². The smallest absolute Gasteiger partial charge is 0.0250 e. The molecule has 0 aromatic rings. The fraction of sp³-hybridized carbons (Fsp3) is 1.00. The van der Waals surface area contributed by atoms with Gasteiger partial charge in [0.05, 0.1) is 0 Å². The molecule has 2 aliphatic heterocycles. The van der Waals surface area contributed by atoms with Crippen molar-refractivity contribution in [3.63, 3.8) is 0 Å². The zero-order valence-corrected chi connectivity index (χ0v) is 13.0. The molecule has 2 heteroatoms. The zero-order chi connectivity index (χ0) is 13.3. The minimum Gasteiger partial charge on any atom is -0.312 e. The van der Waals surface area contributed by atoms with Crippen molar-refractivity contribution in [3.8, 4) is 0 Å². The van der Waals surface area contributed by atoms with Gasteiger partial charge in [0, 0.05) is 18.6 Å². The van der Waals surface area contributed by atoms with E-state index in [0.717, 1.165) is 12.1 Å². The minimum absolute atomic E-state index is 0.812. The lowest BCUT2D eigenvalue weighted by Gasteiger charge is -2.21. The van der Waals surface area contributed by atoms with Gasteiger partial charge < -0.3 is 5.32 Å². The summed E-state index contributed by atoms with van der Waals surface area (Å²) in [6, 6.07) is 1.70. The van der Waals surface area contributed by atoms with Gasteiger partial charge in [-0.3, -0.25) is 4.90 Å². The number of hydrogen-bond donors (Lipinski definition) is 1. The van der Waals surface area contributed by atoms with Crippen molar-refractivity contribution in [2.45, 2.75) is 89.6 Å². The van der Waals surface area contributed by atoms with Crippen LogP contribution >= 0.6 is 0 Å². The van der Waals surface area contributed by atoms with Crippen LogP contribution in [0.1, 0.15) is 77.6 Å². The minimum atomic E-state index is 0.812. The first-order valence-electron chi connectivity index (χ1n) is 8.89. The average Bonchev–Trinajstić information content (AvgIpc) is 3.01. The summed E-state index contributed by atoms with van der Waals surface area (Å²) in [7, 11) is 0. The molecule has 2 heterocycles. The Kier molecular flexibility index (Phi) is 7.23. The number of nitrogens with one attached hydrogen (secondary N) is 1. The van der Waals surface area contributed by atoms with E-state index in [-0.39, 0.29) is 0 Å². The molecule has 0 saturated carbocycles. The number of hydrogen-bond acceptors (Lipinski definition) is 2. The van der Waals surface area contributed by atoms with Gasteiger partial charge in [0.1, 0.15) is 0 Å². The van der Waals surface area contributed by atoms with Crippen LogP contribution in [0.15, 0.2) is 0 Å². The van der Waals surface area contributed by atoms with Crippen LogP contribution in [-0.2, 0) is 0 Å². The third-order valence-electron chi connectivity index (χ3n) is 5.04. The number of rotatable bonds is 10. The molecule has 0 spiro atoms. The fourth-order valence-corrected chi connectivity index (χ4v) is 3.87. The van der Waals surface area contributed by atoms with Crippen LogP contribution in [0.3, 0.4) is 0 Å². The van der Waals surface area contributed by atoms with Crippen molar-refractivity contribution in [3.05, 3.63) is 0 Å². The van der Waals surface area contributed by atoms with Crippen molar-refractivity contribution in [1.82, 2.24) is 10.2 Å². The standard InChI is InChI=1S/C17H34N2/c1-2-3-4-5-6-7-8-9-13-18-16-12-15-19-14-10-11-17(16)19/h16-18H,2-15H2,1H3. The highest BCUT2D eigenvalue weighted by Crippen LogP contribution is 2.27. The molecule has 2 saturated heterocycles. The van der Waals surface area contributed by atoms with Crippen LogP contribution in [0.4, 0.5) is 0 Å². The van der Waals surface area contributed by atoms with E-state index in [4.69, 9.17) is 0 Å². The summed E-state index contributed by atoms with van der Waals surface area (Å²) in [5.74, 6) is 0. The highest BCUT2D eigenvalue weighted by atomic mass is 15.2. The predicted molar refractivity (Wildman–Crippen MR) is 83.6 cm³/mol. The number of fused-ring (bicyclic) bond motifs is 1. The Balaban J connectivity index is 1.40. The van der Waals surface area contributed by atoms with Gasteiger partial charge in [0.25, 0.3) is 0 Å². The fourth-order valence-electron chi connectivity index (χ4n) is 3.87. The first-order chi connectivity index (χ1) is 9.42. The van der Waals surface area contributed by atoms with Gasteiger partial charge in [-0.1, -0.05) is 51.9 Å². The van der Waals surface area contributed by atoms with Crippen molar-refractivity contribution in [2.24, 2.45) is 0 Å². The van der Waals surface area contributed by atoms with E-state index in [1.165, 1.54) is 90.3 Å². The molecule has 0 radical (unpaired) electrons. The average molecular weight is 266 g/mol. The second kappa shape index (κ2) is 8.97. The quantitative estimate of drug-likeness (QED) is 0.602. The van der Waals surface area contributed by atoms with E-state index in [0.29, 0.717) is 0 Å². The van der Waals surface area contributed by atoms with Gasteiger partial charge in [-0.05, 0) is 38.8 Å². The number of unbranched alkanes of at least 4 members (excludes halogenated alkanes) is 7. The molecule has 0 bridgehead atoms. The van der Waals surface area contributed by atoms with Gasteiger partial charge in [0.2, 0.25) is 0 Å². The molecule has 0 aromatic heterocycles. The van der Waals surface area contributed by atoms with Crippen LogP contribution in [0.2, 0.25) is 0 Å². The molecule has 2 unspecified atom stereocenters. The molecular formula is C17H34N2. The van der Waals surface area contributed by atoms with Gasteiger partial charge in [-0.15, -0.1) is 0 Å². The maximum Gasteiger partial charge on any atom is 0.0250 e. The summed E-state index contributed by atoms with van der Waals surface area (Å²) in [6.45, 7) is 6.25. The first kappa shape index (κ1) is 15.3. The third-order valence-corrected chi connectivity index (χ3v) is 5.04. The Bertz CT molecular complexity index is 229. The lowest BCUT2D eigenvalue weighted by atomic mass is 10.1. The molecule has 1 N–H and O–H groups in total. The Hall–Kier alpha value is -0.0800.